The van der Waals surface area contributed by atoms with Crippen LogP contribution in [0.2, 0.25) is 0 Å². The van der Waals surface area contributed by atoms with Gasteiger partial charge >= 0.3 is 0 Å². The first-order valence-electron chi connectivity index (χ1n) is 5.26. The predicted octanol–water partition coefficient (Wildman–Crippen LogP) is 4.75. The number of benzene rings is 2. The van der Waals surface area contributed by atoms with Gasteiger partial charge in [0.25, 0.3) is 0 Å². The van der Waals surface area contributed by atoms with Gasteiger partial charge in [0.05, 0.1) is 27.5 Å². The fraction of sp³-hybridized carbons (Fsp3) is 0.143. The summed E-state index contributed by atoms with van der Waals surface area (Å²) < 4.78 is 2.01. The summed E-state index contributed by atoms with van der Waals surface area (Å²) in [6, 6.07) is 16.8. The van der Waals surface area contributed by atoms with Gasteiger partial charge in [-0.25, -0.2) is 0 Å². The molecule has 0 aliphatic rings. The van der Waals surface area contributed by atoms with Crippen molar-refractivity contribution >= 4 is 27.5 Å². The average molecular weight is 276 g/mol. The van der Waals surface area contributed by atoms with Gasteiger partial charge in [-0.15, -0.1) is 0 Å². The SMILES string of the molecule is Cc1ccc(N(Br)c2ccc(C)cc2)cc1. The molecule has 0 heterocycles. The highest BCUT2D eigenvalue weighted by Crippen LogP contribution is 2.28. The molecular weight excluding hydrogens is 262 g/mol. The number of nitrogens with zero attached hydrogens (tertiary/aromatic N) is 1. The largest absolute Gasteiger partial charge is 0.277 e. The molecule has 0 atom stereocenters. The van der Waals surface area contributed by atoms with Gasteiger partial charge in [-0.3, -0.25) is 3.93 Å². The Morgan fingerprint density at radius 1 is 0.688 bits per heavy atom. The van der Waals surface area contributed by atoms with Crippen LogP contribution < -0.4 is 3.93 Å². The van der Waals surface area contributed by atoms with Crippen LogP contribution in [0, 0.1) is 13.8 Å². The van der Waals surface area contributed by atoms with E-state index >= 15 is 0 Å². The zero-order chi connectivity index (χ0) is 11.5. The van der Waals surface area contributed by atoms with Gasteiger partial charge in [0.15, 0.2) is 0 Å². The smallest absolute Gasteiger partial charge is 0.0551 e. The van der Waals surface area contributed by atoms with Gasteiger partial charge in [-0.2, -0.15) is 0 Å². The van der Waals surface area contributed by atoms with E-state index in [-0.39, 0.29) is 0 Å². The molecule has 0 aliphatic carbocycles. The van der Waals surface area contributed by atoms with Crippen molar-refractivity contribution in [3.8, 4) is 0 Å². The molecule has 0 radical (unpaired) electrons. The average Bonchev–Trinajstić information content (AvgIpc) is 2.30. The predicted molar refractivity (Wildman–Crippen MR) is 73.4 cm³/mol. The van der Waals surface area contributed by atoms with Gasteiger partial charge in [0.1, 0.15) is 0 Å². The molecule has 0 saturated heterocycles. The van der Waals surface area contributed by atoms with Crippen LogP contribution in [0.3, 0.4) is 0 Å². The van der Waals surface area contributed by atoms with Crippen molar-refractivity contribution in [1.82, 2.24) is 0 Å². The lowest BCUT2D eigenvalue weighted by molar-refractivity contribution is 1.39. The van der Waals surface area contributed by atoms with Gasteiger partial charge in [0, 0.05) is 0 Å². The first-order valence-corrected chi connectivity index (χ1v) is 5.97. The van der Waals surface area contributed by atoms with E-state index in [9.17, 15) is 0 Å². The van der Waals surface area contributed by atoms with Gasteiger partial charge in [-0.05, 0) is 38.1 Å². The van der Waals surface area contributed by atoms with E-state index in [1.54, 1.807) is 0 Å². The highest BCUT2D eigenvalue weighted by Gasteiger charge is 2.04. The minimum atomic E-state index is 1.13. The summed E-state index contributed by atoms with van der Waals surface area (Å²) in [5.41, 5.74) is 4.81. The maximum absolute atomic E-state index is 3.58. The maximum atomic E-state index is 3.58. The molecule has 0 amide bonds. The second-order valence-electron chi connectivity index (χ2n) is 3.95. The summed E-state index contributed by atoms with van der Waals surface area (Å²) in [6.45, 7) is 4.18. The molecule has 16 heavy (non-hydrogen) atoms. The molecule has 0 N–H and O–H groups in total. The fourth-order valence-corrected chi connectivity index (χ4v) is 1.97. The normalized spacial score (nSPS) is 10.2. The highest BCUT2D eigenvalue weighted by atomic mass is 79.9. The Kier molecular flexibility index (Phi) is 3.30. The number of halogens is 1. The van der Waals surface area contributed by atoms with Crippen LogP contribution >= 0.6 is 16.1 Å². The van der Waals surface area contributed by atoms with Crippen molar-refractivity contribution < 1.29 is 0 Å². The Labute approximate surface area is 105 Å². The monoisotopic (exact) mass is 275 g/mol. The second kappa shape index (κ2) is 4.71. The molecule has 2 aromatic rings. The van der Waals surface area contributed by atoms with Crippen LogP contribution in [-0.4, -0.2) is 0 Å². The summed E-state index contributed by atoms with van der Waals surface area (Å²) in [7, 11) is 0. The van der Waals surface area contributed by atoms with E-state index in [0.717, 1.165) is 11.4 Å². The van der Waals surface area contributed by atoms with Crippen LogP contribution in [-0.2, 0) is 0 Å². The van der Waals surface area contributed by atoms with E-state index in [2.05, 4.69) is 78.5 Å². The zero-order valence-corrected chi connectivity index (χ0v) is 11.0. The molecule has 0 aromatic heterocycles. The van der Waals surface area contributed by atoms with E-state index in [4.69, 9.17) is 0 Å². The number of rotatable bonds is 2. The summed E-state index contributed by atoms with van der Waals surface area (Å²) in [5, 5.41) is 0. The molecule has 2 aromatic carbocycles. The summed E-state index contributed by atoms with van der Waals surface area (Å²) >= 11 is 3.58. The molecule has 1 nitrogen and oxygen atoms in total. The minimum Gasteiger partial charge on any atom is -0.277 e. The number of hydrogen-bond donors (Lipinski definition) is 0. The molecule has 0 unspecified atom stereocenters. The van der Waals surface area contributed by atoms with Crippen LogP contribution in [0.5, 0.6) is 0 Å². The lowest BCUT2D eigenvalue weighted by Crippen LogP contribution is -2.00. The third-order valence-electron chi connectivity index (χ3n) is 2.52. The molecule has 82 valence electrons. The van der Waals surface area contributed by atoms with Gasteiger partial charge in [0.2, 0.25) is 0 Å². The molecule has 2 heteroatoms. The van der Waals surface area contributed by atoms with Crippen molar-refractivity contribution in [2.24, 2.45) is 0 Å². The topological polar surface area (TPSA) is 3.24 Å². The van der Waals surface area contributed by atoms with Crippen molar-refractivity contribution in [3.05, 3.63) is 59.7 Å². The first kappa shape index (κ1) is 11.2. The molecule has 0 spiro atoms. The Bertz CT molecular complexity index is 414. The van der Waals surface area contributed by atoms with E-state index in [0.29, 0.717) is 0 Å². The standard InChI is InChI=1S/C14H14BrN/c1-11-3-7-13(8-4-11)16(15)14-9-5-12(2)6-10-14/h3-10H,1-2H3. The van der Waals surface area contributed by atoms with Crippen molar-refractivity contribution in [2.45, 2.75) is 13.8 Å². The Morgan fingerprint density at radius 2 is 1.00 bits per heavy atom. The second-order valence-corrected chi connectivity index (χ2v) is 4.66. The number of hydrogen-bond acceptors (Lipinski definition) is 1. The van der Waals surface area contributed by atoms with E-state index < -0.39 is 0 Å². The van der Waals surface area contributed by atoms with Crippen molar-refractivity contribution in [3.63, 3.8) is 0 Å². The quantitative estimate of drug-likeness (QED) is 0.715. The minimum absolute atomic E-state index is 1.13. The number of aryl methyl sites for hydroxylation is 2. The van der Waals surface area contributed by atoms with E-state index in [1.165, 1.54) is 11.1 Å². The lowest BCUT2D eigenvalue weighted by Gasteiger charge is -2.16. The summed E-state index contributed by atoms with van der Waals surface area (Å²) in [5.74, 6) is 0. The fourth-order valence-electron chi connectivity index (χ4n) is 1.50. The van der Waals surface area contributed by atoms with Crippen LogP contribution in [0.15, 0.2) is 48.5 Å². The van der Waals surface area contributed by atoms with Gasteiger partial charge < -0.3 is 0 Å². The Balaban J connectivity index is 2.28. The first-order chi connectivity index (χ1) is 7.66. The molecule has 0 saturated carbocycles. The molecule has 0 aliphatic heterocycles. The third kappa shape index (κ3) is 2.45. The maximum Gasteiger partial charge on any atom is 0.0551 e. The summed E-state index contributed by atoms with van der Waals surface area (Å²) in [6.07, 6.45) is 0. The molecule has 0 fully saturated rings. The van der Waals surface area contributed by atoms with Crippen LogP contribution in [0.1, 0.15) is 11.1 Å². The molecule has 2 rings (SSSR count). The van der Waals surface area contributed by atoms with E-state index in [1.807, 2.05) is 3.93 Å². The highest BCUT2D eigenvalue weighted by molar-refractivity contribution is 9.10. The van der Waals surface area contributed by atoms with Crippen LogP contribution in [0.4, 0.5) is 11.4 Å². The van der Waals surface area contributed by atoms with Gasteiger partial charge in [-0.1, -0.05) is 35.4 Å². The van der Waals surface area contributed by atoms with Crippen molar-refractivity contribution in [2.75, 3.05) is 3.93 Å². The van der Waals surface area contributed by atoms with Crippen molar-refractivity contribution in [1.29, 1.82) is 0 Å². The zero-order valence-electron chi connectivity index (χ0n) is 9.44. The Hall–Kier alpha value is -1.28. The van der Waals surface area contributed by atoms with Crippen LogP contribution in [0.25, 0.3) is 0 Å². The Morgan fingerprint density at radius 3 is 1.31 bits per heavy atom. The molecular formula is C14H14BrN. The summed E-state index contributed by atoms with van der Waals surface area (Å²) in [4.78, 5) is 0. The molecule has 0 bridgehead atoms. The lowest BCUT2D eigenvalue weighted by atomic mass is 10.2. The third-order valence-corrected chi connectivity index (χ3v) is 3.34. The number of anilines is 2.